The molecule has 1 atom stereocenters. The molecular weight excluding hydrogens is 318 g/mol. The van der Waals surface area contributed by atoms with Gasteiger partial charge >= 0.3 is 0 Å². The van der Waals surface area contributed by atoms with Crippen molar-refractivity contribution in [2.24, 2.45) is 5.92 Å². The second-order valence-electron chi connectivity index (χ2n) is 7.80. The van der Waals surface area contributed by atoms with Crippen LogP contribution in [0, 0.1) is 5.92 Å². The van der Waals surface area contributed by atoms with Crippen molar-refractivity contribution >= 4 is 11.0 Å². The lowest BCUT2D eigenvalue weighted by molar-refractivity contribution is 0.179. The molecule has 0 radical (unpaired) electrons. The SMILES string of the molecule is CC(CCN1CCC(Cc2ccccc2)CC1)c1nc2ccccc2[nH]1. The van der Waals surface area contributed by atoms with Gasteiger partial charge in [-0.3, -0.25) is 0 Å². The number of para-hydroxylation sites is 2. The molecule has 4 rings (SSSR count). The van der Waals surface area contributed by atoms with E-state index in [0.29, 0.717) is 5.92 Å². The molecule has 1 saturated heterocycles. The molecule has 1 unspecified atom stereocenters. The van der Waals surface area contributed by atoms with E-state index in [-0.39, 0.29) is 0 Å². The topological polar surface area (TPSA) is 31.9 Å². The van der Waals surface area contributed by atoms with Crippen molar-refractivity contribution in [3.05, 3.63) is 66.0 Å². The van der Waals surface area contributed by atoms with Crippen LogP contribution in [0.1, 0.15) is 43.5 Å². The summed E-state index contributed by atoms with van der Waals surface area (Å²) in [6.45, 7) is 5.95. The number of piperidine rings is 1. The summed E-state index contributed by atoms with van der Waals surface area (Å²) in [7, 11) is 0. The van der Waals surface area contributed by atoms with Gasteiger partial charge in [-0.05, 0) is 68.9 Å². The molecule has 3 heteroatoms. The predicted molar refractivity (Wildman–Crippen MR) is 108 cm³/mol. The van der Waals surface area contributed by atoms with Crippen LogP contribution in [-0.4, -0.2) is 34.5 Å². The van der Waals surface area contributed by atoms with Gasteiger partial charge in [-0.15, -0.1) is 0 Å². The number of H-pyrrole nitrogens is 1. The van der Waals surface area contributed by atoms with Crippen molar-refractivity contribution in [3.63, 3.8) is 0 Å². The van der Waals surface area contributed by atoms with Crippen molar-refractivity contribution in [2.45, 2.75) is 38.5 Å². The molecule has 0 amide bonds. The zero-order valence-corrected chi connectivity index (χ0v) is 15.7. The number of aromatic nitrogens is 2. The van der Waals surface area contributed by atoms with Gasteiger partial charge in [0.25, 0.3) is 0 Å². The minimum Gasteiger partial charge on any atom is -0.342 e. The Kier molecular flexibility index (Phi) is 5.35. The molecule has 1 aliphatic rings. The summed E-state index contributed by atoms with van der Waals surface area (Å²) >= 11 is 0. The van der Waals surface area contributed by atoms with E-state index in [2.05, 4.69) is 71.4 Å². The second-order valence-corrected chi connectivity index (χ2v) is 7.80. The summed E-state index contributed by atoms with van der Waals surface area (Å²) < 4.78 is 0. The zero-order valence-electron chi connectivity index (χ0n) is 15.7. The highest BCUT2D eigenvalue weighted by Gasteiger charge is 2.20. The van der Waals surface area contributed by atoms with Crippen molar-refractivity contribution < 1.29 is 0 Å². The minimum atomic E-state index is 0.476. The number of imidazole rings is 1. The van der Waals surface area contributed by atoms with Crippen LogP contribution < -0.4 is 0 Å². The smallest absolute Gasteiger partial charge is 0.110 e. The Morgan fingerprint density at radius 3 is 2.54 bits per heavy atom. The number of fused-ring (bicyclic) bond motifs is 1. The minimum absolute atomic E-state index is 0.476. The summed E-state index contributed by atoms with van der Waals surface area (Å²) in [4.78, 5) is 10.9. The van der Waals surface area contributed by atoms with Gasteiger partial charge in [-0.25, -0.2) is 4.98 Å². The fourth-order valence-electron chi connectivity index (χ4n) is 4.08. The monoisotopic (exact) mass is 347 g/mol. The predicted octanol–water partition coefficient (Wildman–Crippen LogP) is 5.01. The molecule has 1 fully saturated rings. The Bertz CT molecular complexity index is 783. The zero-order chi connectivity index (χ0) is 17.8. The Hall–Kier alpha value is -2.13. The van der Waals surface area contributed by atoms with E-state index in [9.17, 15) is 0 Å². The molecule has 1 aliphatic heterocycles. The van der Waals surface area contributed by atoms with E-state index in [4.69, 9.17) is 4.98 Å². The Labute approximate surface area is 156 Å². The second kappa shape index (κ2) is 8.05. The molecule has 1 N–H and O–H groups in total. The third-order valence-corrected chi connectivity index (χ3v) is 5.83. The maximum Gasteiger partial charge on any atom is 0.110 e. The van der Waals surface area contributed by atoms with Crippen molar-refractivity contribution in [3.8, 4) is 0 Å². The van der Waals surface area contributed by atoms with Crippen molar-refractivity contribution in [2.75, 3.05) is 19.6 Å². The number of likely N-dealkylation sites (tertiary alicyclic amines) is 1. The van der Waals surface area contributed by atoms with Gasteiger partial charge in [-0.1, -0.05) is 49.4 Å². The van der Waals surface area contributed by atoms with E-state index in [1.54, 1.807) is 0 Å². The molecule has 2 aromatic carbocycles. The number of aromatic amines is 1. The fourth-order valence-corrected chi connectivity index (χ4v) is 4.08. The average molecular weight is 348 g/mol. The highest BCUT2D eigenvalue weighted by atomic mass is 15.1. The maximum absolute atomic E-state index is 4.76. The van der Waals surface area contributed by atoms with Gasteiger partial charge in [0.2, 0.25) is 0 Å². The summed E-state index contributed by atoms with van der Waals surface area (Å²) in [6.07, 6.45) is 5.06. The van der Waals surface area contributed by atoms with Crippen LogP contribution >= 0.6 is 0 Å². The molecule has 2 heterocycles. The first-order valence-corrected chi connectivity index (χ1v) is 9.99. The summed E-state index contributed by atoms with van der Waals surface area (Å²) in [6, 6.07) is 19.3. The van der Waals surface area contributed by atoms with Crippen molar-refractivity contribution in [1.29, 1.82) is 0 Å². The van der Waals surface area contributed by atoms with Gasteiger partial charge in [0.15, 0.2) is 0 Å². The molecule has 1 aromatic heterocycles. The largest absolute Gasteiger partial charge is 0.342 e. The number of rotatable bonds is 6. The highest BCUT2D eigenvalue weighted by molar-refractivity contribution is 5.74. The van der Waals surface area contributed by atoms with Gasteiger partial charge < -0.3 is 9.88 Å². The Morgan fingerprint density at radius 1 is 1.04 bits per heavy atom. The molecule has 3 aromatic rings. The van der Waals surface area contributed by atoms with E-state index in [0.717, 1.165) is 22.8 Å². The molecular formula is C23H29N3. The lowest BCUT2D eigenvalue weighted by Crippen LogP contribution is -2.35. The van der Waals surface area contributed by atoms with Crippen molar-refractivity contribution in [1.82, 2.24) is 14.9 Å². The molecule has 136 valence electrons. The lowest BCUT2D eigenvalue weighted by atomic mass is 9.90. The molecule has 26 heavy (non-hydrogen) atoms. The third kappa shape index (κ3) is 4.16. The van der Waals surface area contributed by atoms with E-state index in [1.165, 1.54) is 50.9 Å². The molecule has 3 nitrogen and oxygen atoms in total. The lowest BCUT2D eigenvalue weighted by Gasteiger charge is -2.32. The summed E-state index contributed by atoms with van der Waals surface area (Å²) in [5, 5.41) is 0. The number of benzene rings is 2. The molecule has 0 aliphatic carbocycles. The number of nitrogens with zero attached hydrogens (tertiary/aromatic N) is 2. The van der Waals surface area contributed by atoms with E-state index >= 15 is 0 Å². The molecule has 0 saturated carbocycles. The van der Waals surface area contributed by atoms with Crippen LogP contribution in [0.25, 0.3) is 11.0 Å². The molecule has 0 spiro atoms. The first-order chi connectivity index (χ1) is 12.8. The van der Waals surface area contributed by atoms with Crippen LogP contribution in [0.15, 0.2) is 54.6 Å². The van der Waals surface area contributed by atoms with Gasteiger partial charge in [0, 0.05) is 5.92 Å². The highest BCUT2D eigenvalue weighted by Crippen LogP contribution is 2.24. The van der Waals surface area contributed by atoms with E-state index < -0.39 is 0 Å². The maximum atomic E-state index is 4.76. The van der Waals surface area contributed by atoms with Gasteiger partial charge in [0.05, 0.1) is 11.0 Å². The number of hydrogen-bond donors (Lipinski definition) is 1. The quantitative estimate of drug-likeness (QED) is 0.679. The van der Waals surface area contributed by atoms with Gasteiger partial charge in [-0.2, -0.15) is 0 Å². The van der Waals surface area contributed by atoms with Crippen LogP contribution in [-0.2, 0) is 6.42 Å². The molecule has 0 bridgehead atoms. The number of hydrogen-bond acceptors (Lipinski definition) is 2. The number of nitrogens with one attached hydrogen (secondary N) is 1. The third-order valence-electron chi connectivity index (χ3n) is 5.83. The Balaban J connectivity index is 1.24. The average Bonchev–Trinajstić information content (AvgIpc) is 3.12. The summed E-state index contributed by atoms with van der Waals surface area (Å²) in [5.74, 6) is 2.45. The normalized spacial score (nSPS) is 17.6. The van der Waals surface area contributed by atoms with Crippen LogP contribution in [0.4, 0.5) is 0 Å². The van der Waals surface area contributed by atoms with Crippen LogP contribution in [0.3, 0.4) is 0 Å². The standard InChI is InChI=1S/C23H29N3/c1-18(23-24-21-9-5-6-10-22(21)25-23)11-14-26-15-12-20(13-16-26)17-19-7-3-2-4-8-19/h2-10,18,20H,11-17H2,1H3,(H,24,25). The first kappa shape index (κ1) is 17.3. The van der Waals surface area contributed by atoms with E-state index in [1.807, 2.05) is 0 Å². The summed E-state index contributed by atoms with van der Waals surface area (Å²) in [5.41, 5.74) is 3.72. The fraction of sp³-hybridized carbons (Fsp3) is 0.435. The Morgan fingerprint density at radius 2 is 1.77 bits per heavy atom. The van der Waals surface area contributed by atoms with Crippen LogP contribution in [0.5, 0.6) is 0 Å². The van der Waals surface area contributed by atoms with Crippen LogP contribution in [0.2, 0.25) is 0 Å². The van der Waals surface area contributed by atoms with Gasteiger partial charge in [0.1, 0.15) is 5.82 Å². The first-order valence-electron chi connectivity index (χ1n) is 9.99.